The number of benzene rings is 1. The van der Waals surface area contributed by atoms with E-state index in [1.165, 1.54) is 6.92 Å². The van der Waals surface area contributed by atoms with Gasteiger partial charge in [-0.2, -0.15) is 0 Å². The lowest BCUT2D eigenvalue weighted by molar-refractivity contribution is 0.101. The van der Waals surface area contributed by atoms with E-state index in [4.69, 9.17) is 11.6 Å². The Bertz CT molecular complexity index is 296. The highest BCUT2D eigenvalue weighted by Crippen LogP contribution is 2.25. The molecule has 0 aromatic heterocycles. The molecule has 0 aliphatic heterocycles. The average molecular weight is 233 g/mol. The number of Topliss-reactive ketones (excluding diaryl/α,β-unsaturated/α-hetero) is 1. The number of halogens is 2. The van der Waals surface area contributed by atoms with Crippen molar-refractivity contribution in [2.75, 3.05) is 0 Å². The summed E-state index contributed by atoms with van der Waals surface area (Å²) < 4.78 is 0.756. The van der Waals surface area contributed by atoms with Gasteiger partial charge in [0.2, 0.25) is 0 Å². The molecule has 0 aliphatic rings. The third kappa shape index (κ3) is 1.82. The van der Waals surface area contributed by atoms with E-state index >= 15 is 0 Å². The molecule has 0 N–H and O–H groups in total. The minimum absolute atomic E-state index is 0.0173. The first-order chi connectivity index (χ1) is 5.13. The minimum Gasteiger partial charge on any atom is -0.294 e. The molecule has 11 heavy (non-hydrogen) atoms. The zero-order valence-corrected chi connectivity index (χ0v) is 8.24. The molecule has 0 bridgehead atoms. The Morgan fingerprint density at radius 2 is 2.18 bits per heavy atom. The molecule has 0 saturated carbocycles. The molecule has 0 radical (unpaired) electrons. The fourth-order valence-corrected chi connectivity index (χ4v) is 1.40. The minimum atomic E-state index is -0.0173. The van der Waals surface area contributed by atoms with Crippen LogP contribution in [0, 0.1) is 0 Å². The lowest BCUT2D eigenvalue weighted by Crippen LogP contribution is -1.92. The molecule has 0 saturated heterocycles. The molecule has 0 fully saturated rings. The van der Waals surface area contributed by atoms with Crippen molar-refractivity contribution in [1.29, 1.82) is 0 Å². The molecule has 0 heterocycles. The van der Waals surface area contributed by atoms with Gasteiger partial charge in [0.15, 0.2) is 5.78 Å². The average Bonchev–Trinajstić information content (AvgIpc) is 1.94. The maximum Gasteiger partial charge on any atom is 0.161 e. The highest BCUT2D eigenvalue weighted by Gasteiger charge is 2.06. The smallest absolute Gasteiger partial charge is 0.161 e. The van der Waals surface area contributed by atoms with Gasteiger partial charge in [-0.05, 0) is 35.0 Å². The largest absolute Gasteiger partial charge is 0.294 e. The third-order valence-corrected chi connectivity index (χ3v) is 2.63. The maximum atomic E-state index is 10.9. The van der Waals surface area contributed by atoms with Crippen LogP contribution in [0.5, 0.6) is 0 Å². The first-order valence-corrected chi connectivity index (χ1v) is 4.25. The van der Waals surface area contributed by atoms with Crippen LogP contribution in [0.3, 0.4) is 0 Å². The first kappa shape index (κ1) is 8.75. The predicted octanol–water partition coefficient (Wildman–Crippen LogP) is 3.31. The van der Waals surface area contributed by atoms with Crippen molar-refractivity contribution in [3.63, 3.8) is 0 Å². The zero-order valence-electron chi connectivity index (χ0n) is 5.90. The molecule has 1 aromatic rings. The second kappa shape index (κ2) is 3.37. The molecule has 0 atom stereocenters. The highest BCUT2D eigenvalue weighted by atomic mass is 79.9. The van der Waals surface area contributed by atoms with Crippen molar-refractivity contribution >= 4 is 33.3 Å². The molecule has 0 aliphatic carbocycles. The van der Waals surface area contributed by atoms with E-state index in [0.29, 0.717) is 10.6 Å². The molecular weight excluding hydrogens is 227 g/mol. The van der Waals surface area contributed by atoms with Crippen molar-refractivity contribution in [2.45, 2.75) is 6.92 Å². The van der Waals surface area contributed by atoms with Gasteiger partial charge >= 0.3 is 0 Å². The van der Waals surface area contributed by atoms with Gasteiger partial charge in [0, 0.05) is 10.0 Å². The molecule has 3 heteroatoms. The normalized spacial score (nSPS) is 9.73. The summed E-state index contributed by atoms with van der Waals surface area (Å²) in [6.45, 7) is 1.49. The Kier molecular flexibility index (Phi) is 2.68. The molecule has 0 amide bonds. The second-order valence-corrected chi connectivity index (χ2v) is 3.39. The Labute approximate surface area is 78.5 Å². The summed E-state index contributed by atoms with van der Waals surface area (Å²) >= 11 is 9.05. The summed E-state index contributed by atoms with van der Waals surface area (Å²) in [5.41, 5.74) is 0.557. The fraction of sp³-hybridized carbons (Fsp3) is 0.125. The molecule has 1 aromatic carbocycles. The van der Waals surface area contributed by atoms with Crippen LogP contribution in [0.1, 0.15) is 17.3 Å². The summed E-state index contributed by atoms with van der Waals surface area (Å²) in [4.78, 5) is 10.9. The monoisotopic (exact) mass is 232 g/mol. The van der Waals surface area contributed by atoms with Gasteiger partial charge in [0.25, 0.3) is 0 Å². The lowest BCUT2D eigenvalue weighted by atomic mass is 10.1. The standard InChI is InChI=1S/C8H6BrClO/c1-5(11)6-3-2-4-7(9)8(6)10/h2-4H,1H3. The van der Waals surface area contributed by atoms with E-state index in [9.17, 15) is 4.79 Å². The Hall–Kier alpha value is -0.340. The summed E-state index contributed by atoms with van der Waals surface area (Å²) in [5.74, 6) is -0.0173. The summed E-state index contributed by atoms with van der Waals surface area (Å²) in [5, 5.41) is 0.486. The van der Waals surface area contributed by atoms with Gasteiger partial charge in [-0.3, -0.25) is 4.79 Å². The van der Waals surface area contributed by atoms with E-state index < -0.39 is 0 Å². The molecule has 0 unspecified atom stereocenters. The highest BCUT2D eigenvalue weighted by molar-refractivity contribution is 9.10. The Morgan fingerprint density at radius 1 is 1.55 bits per heavy atom. The fourth-order valence-electron chi connectivity index (χ4n) is 0.776. The lowest BCUT2D eigenvalue weighted by Gasteiger charge is -1.99. The summed E-state index contributed by atoms with van der Waals surface area (Å²) in [7, 11) is 0. The van der Waals surface area contributed by atoms with Crippen LogP contribution >= 0.6 is 27.5 Å². The third-order valence-electron chi connectivity index (χ3n) is 1.33. The van der Waals surface area contributed by atoms with Crippen molar-refractivity contribution in [3.05, 3.63) is 33.3 Å². The number of rotatable bonds is 1. The Balaban J connectivity index is 3.27. The summed E-state index contributed by atoms with van der Waals surface area (Å²) in [6.07, 6.45) is 0. The van der Waals surface area contributed by atoms with Crippen molar-refractivity contribution in [3.8, 4) is 0 Å². The topological polar surface area (TPSA) is 17.1 Å². The number of carbonyl (C=O) groups is 1. The first-order valence-electron chi connectivity index (χ1n) is 3.08. The van der Waals surface area contributed by atoms with E-state index in [1.807, 2.05) is 0 Å². The van der Waals surface area contributed by atoms with Gasteiger partial charge in [0.1, 0.15) is 0 Å². The van der Waals surface area contributed by atoms with Gasteiger partial charge < -0.3 is 0 Å². The molecule has 1 nitrogen and oxygen atoms in total. The predicted molar refractivity (Wildman–Crippen MR) is 49.2 cm³/mol. The van der Waals surface area contributed by atoms with Crippen molar-refractivity contribution in [1.82, 2.24) is 0 Å². The van der Waals surface area contributed by atoms with Crippen LogP contribution in [-0.4, -0.2) is 5.78 Å². The SMILES string of the molecule is CC(=O)c1cccc(Br)c1Cl. The van der Waals surface area contributed by atoms with Crippen LogP contribution in [0.15, 0.2) is 22.7 Å². The van der Waals surface area contributed by atoms with Crippen LogP contribution in [-0.2, 0) is 0 Å². The molecular formula is C8H6BrClO. The number of ketones is 1. The molecule has 0 spiro atoms. The van der Waals surface area contributed by atoms with Crippen molar-refractivity contribution in [2.24, 2.45) is 0 Å². The molecule has 58 valence electrons. The number of hydrogen-bond acceptors (Lipinski definition) is 1. The van der Waals surface area contributed by atoms with E-state index in [1.54, 1.807) is 18.2 Å². The van der Waals surface area contributed by atoms with Gasteiger partial charge in [-0.25, -0.2) is 0 Å². The maximum absolute atomic E-state index is 10.9. The Morgan fingerprint density at radius 3 is 2.64 bits per heavy atom. The van der Waals surface area contributed by atoms with Crippen LogP contribution in [0.2, 0.25) is 5.02 Å². The van der Waals surface area contributed by atoms with Gasteiger partial charge in [0.05, 0.1) is 5.02 Å². The van der Waals surface area contributed by atoms with E-state index in [2.05, 4.69) is 15.9 Å². The van der Waals surface area contributed by atoms with E-state index in [-0.39, 0.29) is 5.78 Å². The van der Waals surface area contributed by atoms with Crippen LogP contribution in [0.4, 0.5) is 0 Å². The summed E-state index contributed by atoms with van der Waals surface area (Å²) in [6, 6.07) is 5.29. The molecule has 1 rings (SSSR count). The quantitative estimate of drug-likeness (QED) is 0.680. The van der Waals surface area contributed by atoms with E-state index in [0.717, 1.165) is 4.47 Å². The van der Waals surface area contributed by atoms with Gasteiger partial charge in [-0.1, -0.05) is 17.7 Å². The second-order valence-electron chi connectivity index (χ2n) is 2.16. The number of carbonyl (C=O) groups excluding carboxylic acids is 1. The van der Waals surface area contributed by atoms with Crippen LogP contribution < -0.4 is 0 Å². The van der Waals surface area contributed by atoms with Gasteiger partial charge in [-0.15, -0.1) is 0 Å². The zero-order chi connectivity index (χ0) is 8.43. The number of hydrogen-bond donors (Lipinski definition) is 0. The van der Waals surface area contributed by atoms with Crippen LogP contribution in [0.25, 0.3) is 0 Å². The van der Waals surface area contributed by atoms with Crippen molar-refractivity contribution < 1.29 is 4.79 Å².